The van der Waals surface area contributed by atoms with Crippen molar-refractivity contribution >= 4 is 23.3 Å². The Labute approximate surface area is 86.8 Å². The second kappa shape index (κ2) is 6.34. The van der Waals surface area contributed by atoms with Gasteiger partial charge in [0.1, 0.15) is 5.82 Å². The fourth-order valence-electron chi connectivity index (χ4n) is 0.846. The van der Waals surface area contributed by atoms with Gasteiger partial charge in [-0.3, -0.25) is 0 Å². The van der Waals surface area contributed by atoms with Gasteiger partial charge < -0.3 is 5.11 Å². The van der Waals surface area contributed by atoms with E-state index in [1.807, 2.05) is 0 Å². The zero-order valence-corrected chi connectivity index (χ0v) is 9.33. The topological polar surface area (TPSA) is 46.0 Å². The second-order valence-electron chi connectivity index (χ2n) is 2.65. The molecular formula is C8H14N2OS2. The lowest BCUT2D eigenvalue weighted by Crippen LogP contribution is -1.87. The summed E-state index contributed by atoms with van der Waals surface area (Å²) in [5.74, 6) is 1.89. The number of aryl methyl sites for hydroxylation is 1. The number of hydrogen-bond acceptors (Lipinski definition) is 5. The molecule has 0 atom stereocenters. The molecule has 13 heavy (non-hydrogen) atoms. The number of hydrogen-bond donors (Lipinski definition) is 1. The molecule has 0 aromatic carbocycles. The van der Waals surface area contributed by atoms with E-state index >= 15 is 0 Å². The van der Waals surface area contributed by atoms with E-state index in [2.05, 4.69) is 16.3 Å². The van der Waals surface area contributed by atoms with Crippen LogP contribution in [-0.2, 0) is 6.42 Å². The van der Waals surface area contributed by atoms with Crippen molar-refractivity contribution in [2.24, 2.45) is 0 Å². The van der Waals surface area contributed by atoms with Crippen molar-refractivity contribution in [3.63, 3.8) is 0 Å². The Balaban J connectivity index is 2.31. The Hall–Kier alpha value is -0.130. The van der Waals surface area contributed by atoms with Crippen LogP contribution in [0.3, 0.4) is 0 Å². The van der Waals surface area contributed by atoms with Gasteiger partial charge in [-0.15, -0.1) is 0 Å². The van der Waals surface area contributed by atoms with Gasteiger partial charge in [-0.05, 0) is 24.4 Å². The molecule has 0 aliphatic rings. The molecule has 0 bridgehead atoms. The normalized spacial score (nSPS) is 10.6. The summed E-state index contributed by atoms with van der Waals surface area (Å²) in [5.41, 5.74) is 0. The lowest BCUT2D eigenvalue weighted by molar-refractivity contribution is 0.296. The Morgan fingerprint density at radius 3 is 3.08 bits per heavy atom. The molecule has 0 saturated carbocycles. The number of aromatic nitrogens is 2. The lowest BCUT2D eigenvalue weighted by Gasteiger charge is -1.92. The minimum atomic E-state index is 0.258. The number of aliphatic hydroxyl groups excluding tert-OH is 1. The van der Waals surface area contributed by atoms with Crippen molar-refractivity contribution in [3.8, 4) is 0 Å². The second-order valence-corrected chi connectivity index (χ2v) is 4.75. The van der Waals surface area contributed by atoms with E-state index in [-0.39, 0.29) is 6.61 Å². The molecule has 1 heterocycles. The molecule has 0 fully saturated rings. The smallest absolute Gasteiger partial charge is 0.170 e. The maximum Gasteiger partial charge on any atom is 0.170 e. The fraction of sp³-hybridized carbons (Fsp3) is 0.750. The Kier molecular flexibility index (Phi) is 5.34. The molecule has 0 saturated heterocycles. The molecule has 74 valence electrons. The van der Waals surface area contributed by atoms with Gasteiger partial charge in [0, 0.05) is 18.8 Å². The molecule has 0 amide bonds. The van der Waals surface area contributed by atoms with Gasteiger partial charge in [-0.2, -0.15) is 4.37 Å². The average molecular weight is 218 g/mol. The van der Waals surface area contributed by atoms with Gasteiger partial charge in [-0.1, -0.05) is 18.7 Å². The van der Waals surface area contributed by atoms with Gasteiger partial charge in [0.25, 0.3) is 0 Å². The van der Waals surface area contributed by atoms with Crippen LogP contribution in [0, 0.1) is 0 Å². The van der Waals surface area contributed by atoms with Gasteiger partial charge in [0.15, 0.2) is 4.34 Å². The van der Waals surface area contributed by atoms with Crippen LogP contribution >= 0.6 is 23.3 Å². The molecule has 3 nitrogen and oxygen atoms in total. The third-order valence-electron chi connectivity index (χ3n) is 1.45. The zero-order valence-electron chi connectivity index (χ0n) is 7.69. The third-order valence-corrected chi connectivity index (χ3v) is 3.41. The summed E-state index contributed by atoms with van der Waals surface area (Å²) in [6, 6.07) is 0. The summed E-state index contributed by atoms with van der Waals surface area (Å²) < 4.78 is 5.26. The number of rotatable bonds is 6. The van der Waals surface area contributed by atoms with E-state index in [4.69, 9.17) is 5.11 Å². The van der Waals surface area contributed by atoms with Crippen LogP contribution in [0.1, 0.15) is 25.6 Å². The Morgan fingerprint density at radius 2 is 2.38 bits per heavy atom. The van der Waals surface area contributed by atoms with Crippen molar-refractivity contribution in [3.05, 3.63) is 5.82 Å². The molecular weight excluding hydrogens is 204 g/mol. The zero-order chi connectivity index (χ0) is 9.52. The minimum Gasteiger partial charge on any atom is -0.396 e. The lowest BCUT2D eigenvalue weighted by atomic mass is 10.3. The molecule has 1 aromatic rings. The maximum absolute atomic E-state index is 8.59. The highest BCUT2D eigenvalue weighted by molar-refractivity contribution is 8.00. The first-order valence-corrected chi connectivity index (χ1v) is 6.19. The summed E-state index contributed by atoms with van der Waals surface area (Å²) >= 11 is 3.14. The predicted octanol–water partition coefficient (Wildman–Crippen LogP) is 1.97. The van der Waals surface area contributed by atoms with Crippen LogP contribution < -0.4 is 0 Å². The van der Waals surface area contributed by atoms with Crippen molar-refractivity contribution in [1.29, 1.82) is 0 Å². The van der Waals surface area contributed by atoms with Crippen LogP contribution in [0.4, 0.5) is 0 Å². The van der Waals surface area contributed by atoms with Crippen LogP contribution in [0.5, 0.6) is 0 Å². The highest BCUT2D eigenvalue weighted by Gasteiger charge is 2.02. The number of nitrogens with zero attached hydrogens (tertiary/aromatic N) is 2. The van der Waals surface area contributed by atoms with E-state index in [0.29, 0.717) is 0 Å². The van der Waals surface area contributed by atoms with E-state index in [0.717, 1.165) is 35.2 Å². The highest BCUT2D eigenvalue weighted by atomic mass is 32.2. The SMILES string of the molecule is CCCc1nsc(SCCCO)n1. The largest absolute Gasteiger partial charge is 0.396 e. The van der Waals surface area contributed by atoms with Crippen LogP contribution in [-0.4, -0.2) is 26.8 Å². The Morgan fingerprint density at radius 1 is 1.54 bits per heavy atom. The fourth-order valence-corrected chi connectivity index (χ4v) is 2.50. The minimum absolute atomic E-state index is 0.258. The molecule has 0 aliphatic heterocycles. The average Bonchev–Trinajstić information content (AvgIpc) is 2.54. The summed E-state index contributed by atoms with van der Waals surface area (Å²) in [6.45, 7) is 2.38. The van der Waals surface area contributed by atoms with Crippen molar-refractivity contribution in [2.75, 3.05) is 12.4 Å². The first-order valence-electron chi connectivity index (χ1n) is 4.43. The van der Waals surface area contributed by atoms with E-state index in [9.17, 15) is 0 Å². The molecule has 0 radical (unpaired) electrons. The van der Waals surface area contributed by atoms with Gasteiger partial charge in [0.05, 0.1) is 0 Å². The molecule has 0 aliphatic carbocycles. The number of aliphatic hydroxyl groups is 1. The standard InChI is InChI=1S/C8H14N2OS2/c1-2-4-7-9-8(13-10-7)12-6-3-5-11/h11H,2-6H2,1H3. The summed E-state index contributed by atoms with van der Waals surface area (Å²) in [5, 5.41) is 8.59. The van der Waals surface area contributed by atoms with E-state index in [1.165, 1.54) is 11.5 Å². The van der Waals surface area contributed by atoms with Gasteiger partial charge in [-0.25, -0.2) is 4.98 Å². The first-order chi connectivity index (χ1) is 6.36. The molecule has 1 rings (SSSR count). The highest BCUT2D eigenvalue weighted by Crippen LogP contribution is 2.20. The summed E-state index contributed by atoms with van der Waals surface area (Å²) in [7, 11) is 0. The monoisotopic (exact) mass is 218 g/mol. The van der Waals surface area contributed by atoms with Crippen molar-refractivity contribution in [1.82, 2.24) is 9.36 Å². The first kappa shape index (κ1) is 10.9. The third kappa shape index (κ3) is 4.06. The van der Waals surface area contributed by atoms with Gasteiger partial charge >= 0.3 is 0 Å². The maximum atomic E-state index is 8.59. The summed E-state index contributed by atoms with van der Waals surface area (Å²) in [6.07, 6.45) is 2.89. The number of thioether (sulfide) groups is 1. The van der Waals surface area contributed by atoms with Crippen LogP contribution in [0.2, 0.25) is 0 Å². The Bertz CT molecular complexity index is 240. The molecule has 1 aromatic heterocycles. The van der Waals surface area contributed by atoms with Gasteiger partial charge in [0.2, 0.25) is 0 Å². The van der Waals surface area contributed by atoms with Crippen molar-refractivity contribution < 1.29 is 5.11 Å². The predicted molar refractivity (Wildman–Crippen MR) is 56.3 cm³/mol. The molecule has 0 unspecified atom stereocenters. The van der Waals surface area contributed by atoms with Crippen LogP contribution in [0.25, 0.3) is 0 Å². The van der Waals surface area contributed by atoms with E-state index in [1.54, 1.807) is 11.8 Å². The molecule has 0 spiro atoms. The molecule has 5 heteroatoms. The van der Waals surface area contributed by atoms with Crippen molar-refractivity contribution in [2.45, 2.75) is 30.5 Å². The molecule has 1 N–H and O–H groups in total. The quantitative estimate of drug-likeness (QED) is 0.585. The summed E-state index contributed by atoms with van der Waals surface area (Å²) in [4.78, 5) is 4.36. The van der Waals surface area contributed by atoms with E-state index < -0.39 is 0 Å². The van der Waals surface area contributed by atoms with Crippen LogP contribution in [0.15, 0.2) is 4.34 Å².